The van der Waals surface area contributed by atoms with Gasteiger partial charge in [0, 0.05) is 0 Å². The van der Waals surface area contributed by atoms with Gasteiger partial charge in [0.1, 0.15) is 5.69 Å². The first-order valence-corrected chi connectivity index (χ1v) is 5.24. The third-order valence-corrected chi connectivity index (χ3v) is 2.52. The molecule has 1 atom stereocenters. The van der Waals surface area contributed by atoms with Crippen LogP contribution in [-0.2, 0) is 0 Å². The fourth-order valence-electron chi connectivity index (χ4n) is 1.34. The minimum Gasteiger partial charge on any atom is -0.378 e. The predicted molar refractivity (Wildman–Crippen MR) is 64.1 cm³/mol. The van der Waals surface area contributed by atoms with Crippen molar-refractivity contribution in [1.82, 2.24) is 9.97 Å². The smallest absolute Gasteiger partial charge is 0.333 e. The normalized spacial score (nSPS) is 12.4. The van der Waals surface area contributed by atoms with Crippen molar-refractivity contribution in [2.24, 2.45) is 0 Å². The van der Waals surface area contributed by atoms with Gasteiger partial charge >= 0.3 is 5.69 Å². The summed E-state index contributed by atoms with van der Waals surface area (Å²) in [5.74, 6) is -0.295. The summed E-state index contributed by atoms with van der Waals surface area (Å²) in [6.45, 7) is 1.95. The van der Waals surface area contributed by atoms with E-state index >= 15 is 0 Å². The van der Waals surface area contributed by atoms with E-state index in [-0.39, 0.29) is 28.4 Å². The number of nitrogen functional groups attached to an aromatic ring is 2. The Bertz CT molecular complexity index is 412. The lowest BCUT2D eigenvalue weighted by Crippen LogP contribution is -2.10. The van der Waals surface area contributed by atoms with Crippen molar-refractivity contribution in [3.63, 3.8) is 0 Å². The van der Waals surface area contributed by atoms with Crippen LogP contribution in [0.15, 0.2) is 0 Å². The summed E-state index contributed by atoms with van der Waals surface area (Å²) >= 11 is 4.25. The SMILES string of the molecule is CCCC(S)c1nc(N)nc(N)c1[N+](=O)[O-]. The highest BCUT2D eigenvalue weighted by atomic mass is 32.1. The quantitative estimate of drug-likeness (QED) is 0.416. The first-order valence-electron chi connectivity index (χ1n) is 4.72. The highest BCUT2D eigenvalue weighted by Crippen LogP contribution is 2.34. The largest absolute Gasteiger partial charge is 0.378 e. The van der Waals surface area contributed by atoms with E-state index in [1.165, 1.54) is 0 Å². The lowest BCUT2D eigenvalue weighted by Gasteiger charge is -2.10. The van der Waals surface area contributed by atoms with Gasteiger partial charge in [0.15, 0.2) is 0 Å². The Morgan fingerprint density at radius 3 is 2.62 bits per heavy atom. The maximum absolute atomic E-state index is 10.8. The van der Waals surface area contributed by atoms with Crippen LogP contribution in [0.5, 0.6) is 0 Å². The summed E-state index contributed by atoms with van der Waals surface area (Å²) in [6, 6.07) is 0. The Kier molecular flexibility index (Phi) is 3.88. The lowest BCUT2D eigenvalue weighted by atomic mass is 10.1. The molecule has 0 radical (unpaired) electrons. The van der Waals surface area contributed by atoms with Crippen molar-refractivity contribution >= 4 is 30.1 Å². The van der Waals surface area contributed by atoms with Gasteiger partial charge in [0.2, 0.25) is 11.8 Å². The molecule has 88 valence electrons. The van der Waals surface area contributed by atoms with Crippen LogP contribution in [0.3, 0.4) is 0 Å². The third-order valence-electron chi connectivity index (χ3n) is 2.02. The predicted octanol–water partition coefficient (Wildman–Crippen LogP) is 1.32. The average molecular weight is 243 g/mol. The molecule has 1 aromatic rings. The Balaban J connectivity index is 3.29. The number of rotatable bonds is 4. The topological polar surface area (TPSA) is 121 Å². The van der Waals surface area contributed by atoms with Crippen molar-refractivity contribution < 1.29 is 4.92 Å². The monoisotopic (exact) mass is 243 g/mol. The molecule has 0 saturated carbocycles. The number of nitrogens with zero attached hydrogens (tertiary/aromatic N) is 3. The second kappa shape index (κ2) is 4.97. The molecule has 7 nitrogen and oxygen atoms in total. The molecule has 0 amide bonds. The van der Waals surface area contributed by atoms with Crippen molar-refractivity contribution in [1.29, 1.82) is 0 Å². The number of nitro groups is 1. The Labute approximate surface area is 97.8 Å². The van der Waals surface area contributed by atoms with Crippen molar-refractivity contribution in [2.75, 3.05) is 11.5 Å². The molecule has 1 heterocycles. The molecule has 4 N–H and O–H groups in total. The maximum Gasteiger partial charge on any atom is 0.333 e. The van der Waals surface area contributed by atoms with Gasteiger partial charge in [0.25, 0.3) is 0 Å². The summed E-state index contributed by atoms with van der Waals surface area (Å²) < 4.78 is 0. The van der Waals surface area contributed by atoms with E-state index < -0.39 is 4.92 Å². The van der Waals surface area contributed by atoms with Gasteiger partial charge < -0.3 is 11.5 Å². The summed E-state index contributed by atoms with van der Waals surface area (Å²) in [5, 5.41) is 10.5. The Morgan fingerprint density at radius 1 is 1.50 bits per heavy atom. The Morgan fingerprint density at radius 2 is 2.12 bits per heavy atom. The first kappa shape index (κ1) is 12.5. The number of nitrogens with two attached hydrogens (primary N) is 2. The molecule has 16 heavy (non-hydrogen) atoms. The summed E-state index contributed by atoms with van der Waals surface area (Å²) in [4.78, 5) is 17.6. The van der Waals surface area contributed by atoms with Crippen LogP contribution in [0, 0.1) is 10.1 Å². The van der Waals surface area contributed by atoms with Crippen molar-refractivity contribution in [2.45, 2.75) is 25.0 Å². The number of aromatic nitrogens is 2. The van der Waals surface area contributed by atoms with Gasteiger partial charge in [-0.2, -0.15) is 17.6 Å². The molecule has 0 aliphatic carbocycles. The second-order valence-corrected chi connectivity index (χ2v) is 3.89. The van der Waals surface area contributed by atoms with E-state index in [0.29, 0.717) is 6.42 Å². The molecule has 0 aromatic carbocycles. The van der Waals surface area contributed by atoms with E-state index in [0.717, 1.165) is 6.42 Å². The average Bonchev–Trinajstić information content (AvgIpc) is 2.15. The second-order valence-electron chi connectivity index (χ2n) is 3.26. The fourth-order valence-corrected chi connectivity index (χ4v) is 1.78. The molecule has 0 spiro atoms. The minimum atomic E-state index is -0.608. The van der Waals surface area contributed by atoms with Crippen LogP contribution in [0.2, 0.25) is 0 Å². The van der Waals surface area contributed by atoms with Crippen LogP contribution < -0.4 is 11.5 Å². The number of anilines is 2. The molecular formula is C8H13N5O2S. The van der Waals surface area contributed by atoms with E-state index in [4.69, 9.17) is 11.5 Å². The van der Waals surface area contributed by atoms with E-state index in [1.54, 1.807) is 0 Å². The zero-order valence-corrected chi connectivity index (χ0v) is 9.65. The highest BCUT2D eigenvalue weighted by molar-refractivity contribution is 7.80. The van der Waals surface area contributed by atoms with Gasteiger partial charge in [0.05, 0.1) is 10.2 Å². The Hall–Kier alpha value is -1.57. The van der Waals surface area contributed by atoms with Gasteiger partial charge in [-0.15, -0.1) is 0 Å². The molecule has 1 rings (SSSR count). The lowest BCUT2D eigenvalue weighted by molar-refractivity contribution is -0.385. The molecule has 1 unspecified atom stereocenters. The molecule has 1 aromatic heterocycles. The fraction of sp³-hybridized carbons (Fsp3) is 0.500. The van der Waals surface area contributed by atoms with Crippen molar-refractivity contribution in [3.05, 3.63) is 15.8 Å². The third kappa shape index (κ3) is 2.51. The standard InChI is InChI=1S/C8H13N5O2S/c1-2-3-4(16)5-6(13(14)15)7(9)12-8(10)11-5/h4,16H,2-3H2,1H3,(H4,9,10,11,12). The van der Waals surface area contributed by atoms with Gasteiger partial charge in [-0.1, -0.05) is 13.3 Å². The van der Waals surface area contributed by atoms with E-state index in [9.17, 15) is 10.1 Å². The molecule has 0 aliphatic rings. The number of hydrogen-bond donors (Lipinski definition) is 3. The maximum atomic E-state index is 10.8. The van der Waals surface area contributed by atoms with Crippen molar-refractivity contribution in [3.8, 4) is 0 Å². The van der Waals surface area contributed by atoms with E-state index in [2.05, 4.69) is 22.6 Å². The summed E-state index contributed by atoms with van der Waals surface area (Å²) in [6.07, 6.45) is 1.48. The molecular weight excluding hydrogens is 230 g/mol. The van der Waals surface area contributed by atoms with Crippen LogP contribution in [0.4, 0.5) is 17.5 Å². The van der Waals surface area contributed by atoms with Gasteiger partial charge in [-0.3, -0.25) is 10.1 Å². The zero-order chi connectivity index (χ0) is 12.3. The molecule has 0 fully saturated rings. The van der Waals surface area contributed by atoms with Crippen LogP contribution in [-0.4, -0.2) is 14.9 Å². The van der Waals surface area contributed by atoms with Crippen LogP contribution in [0.1, 0.15) is 30.7 Å². The number of hydrogen-bond acceptors (Lipinski definition) is 7. The number of thiol groups is 1. The van der Waals surface area contributed by atoms with E-state index in [1.807, 2.05) is 6.92 Å². The molecule has 0 saturated heterocycles. The summed E-state index contributed by atoms with van der Waals surface area (Å²) in [5.41, 5.74) is 10.7. The zero-order valence-electron chi connectivity index (χ0n) is 8.75. The van der Waals surface area contributed by atoms with Gasteiger partial charge in [-0.05, 0) is 6.42 Å². The molecule has 0 bridgehead atoms. The minimum absolute atomic E-state index is 0.0757. The highest BCUT2D eigenvalue weighted by Gasteiger charge is 2.26. The molecule has 8 heteroatoms. The van der Waals surface area contributed by atoms with Crippen LogP contribution in [0.25, 0.3) is 0 Å². The first-order chi connectivity index (χ1) is 7.47. The van der Waals surface area contributed by atoms with Gasteiger partial charge in [-0.25, -0.2) is 4.98 Å². The molecule has 0 aliphatic heterocycles. The summed E-state index contributed by atoms with van der Waals surface area (Å²) in [7, 11) is 0. The van der Waals surface area contributed by atoms with Crippen LogP contribution >= 0.6 is 12.6 Å².